The Bertz CT molecular complexity index is 976. The van der Waals surface area contributed by atoms with Gasteiger partial charge in [0.15, 0.2) is 0 Å². The van der Waals surface area contributed by atoms with Crippen molar-refractivity contribution in [2.45, 2.75) is 30.7 Å². The summed E-state index contributed by atoms with van der Waals surface area (Å²) in [6.07, 6.45) is 2.54. The number of anilines is 1. The largest absolute Gasteiger partial charge is 0.344 e. The first-order valence-electron chi connectivity index (χ1n) is 7.51. The minimum Gasteiger partial charge on any atom is -0.344 e. The van der Waals surface area contributed by atoms with Gasteiger partial charge in [-0.1, -0.05) is 11.6 Å². The number of rotatable bonds is 6. The van der Waals surface area contributed by atoms with E-state index in [0.29, 0.717) is 17.2 Å². The third-order valence-electron chi connectivity index (χ3n) is 3.67. The van der Waals surface area contributed by atoms with Crippen LogP contribution in [0.25, 0.3) is 0 Å². The zero-order chi connectivity index (χ0) is 20.6. The molecule has 2 aromatic heterocycles. The fourth-order valence-electron chi connectivity index (χ4n) is 2.09. The molecule has 0 aliphatic rings. The van der Waals surface area contributed by atoms with Crippen molar-refractivity contribution in [3.63, 3.8) is 0 Å². The van der Waals surface area contributed by atoms with Crippen LogP contribution < -0.4 is 10.0 Å². The maximum absolute atomic E-state index is 13.3. The van der Waals surface area contributed by atoms with Crippen molar-refractivity contribution < 1.29 is 22.0 Å². The Morgan fingerprint density at radius 3 is 2.63 bits per heavy atom. The van der Waals surface area contributed by atoms with Gasteiger partial charge in [0.25, 0.3) is 11.8 Å². The van der Waals surface area contributed by atoms with Gasteiger partial charge in [0.1, 0.15) is 15.2 Å². The Labute approximate surface area is 168 Å². The van der Waals surface area contributed by atoms with Crippen LogP contribution in [0.3, 0.4) is 0 Å². The molecule has 0 saturated heterocycles. The summed E-state index contributed by atoms with van der Waals surface area (Å²) >= 11 is 9.26. The van der Waals surface area contributed by atoms with Gasteiger partial charge in [-0.05, 0) is 35.0 Å². The van der Waals surface area contributed by atoms with Crippen molar-refractivity contribution >= 4 is 49.1 Å². The zero-order valence-corrected chi connectivity index (χ0v) is 17.6. The number of aromatic nitrogens is 2. The number of nitrogens with one attached hydrogen (secondary N) is 2. The van der Waals surface area contributed by atoms with Crippen LogP contribution in [0.4, 0.5) is 14.5 Å². The Hall–Kier alpha value is -1.56. The summed E-state index contributed by atoms with van der Waals surface area (Å²) in [6.45, 7) is 1.63. The monoisotopic (exact) mass is 484 g/mol. The first-order chi connectivity index (χ1) is 12.3. The second-order valence-electron chi connectivity index (χ2n) is 5.89. The van der Waals surface area contributed by atoms with E-state index in [-0.39, 0.29) is 10.7 Å². The fourth-order valence-corrected chi connectivity index (χ4v) is 4.45. The molecule has 0 saturated carbocycles. The molecule has 0 spiro atoms. The number of halogens is 4. The zero-order valence-electron chi connectivity index (χ0n) is 14.4. The smallest absolute Gasteiger partial charge is 0.273 e. The Morgan fingerprint density at radius 2 is 2.07 bits per heavy atom. The molecule has 0 bridgehead atoms. The van der Waals surface area contributed by atoms with E-state index >= 15 is 0 Å². The minimum absolute atomic E-state index is 0.138. The lowest BCUT2D eigenvalue weighted by molar-refractivity contribution is -0.00488. The number of hydrogen-bond donors (Lipinski definition) is 2. The number of amides is 1. The Morgan fingerprint density at radius 1 is 1.44 bits per heavy atom. The van der Waals surface area contributed by atoms with Crippen LogP contribution in [0.2, 0.25) is 5.02 Å². The lowest BCUT2D eigenvalue weighted by atomic mass is 10.2. The number of sulfonamides is 1. The number of carbonyl (C=O) groups excluding carboxylic acids is 1. The summed E-state index contributed by atoms with van der Waals surface area (Å²) in [4.78, 5) is 16.0. The highest BCUT2D eigenvalue weighted by Gasteiger charge is 2.36. The molecule has 7 nitrogen and oxygen atoms in total. The highest BCUT2D eigenvalue weighted by atomic mass is 79.9. The molecule has 2 rings (SSSR count). The fraction of sp³-hybridized carbons (Fsp3) is 0.333. The van der Waals surface area contributed by atoms with Gasteiger partial charge in [0.2, 0.25) is 10.0 Å². The molecule has 1 atom stereocenters. The van der Waals surface area contributed by atoms with Crippen LogP contribution in [-0.2, 0) is 17.1 Å². The van der Waals surface area contributed by atoms with E-state index in [1.54, 1.807) is 6.07 Å². The van der Waals surface area contributed by atoms with Gasteiger partial charge >= 0.3 is 0 Å². The molecule has 1 amide bonds. The number of alkyl halides is 2. The third-order valence-corrected chi connectivity index (χ3v) is 6.15. The lowest BCUT2D eigenvalue weighted by Gasteiger charge is -2.20. The topological polar surface area (TPSA) is 93.1 Å². The average molecular weight is 486 g/mol. The Kier molecular flexibility index (Phi) is 6.30. The molecule has 148 valence electrons. The minimum atomic E-state index is -4.37. The van der Waals surface area contributed by atoms with E-state index in [2.05, 4.69) is 26.2 Å². The maximum atomic E-state index is 13.3. The van der Waals surface area contributed by atoms with E-state index in [0.717, 1.165) is 13.1 Å². The Balaban J connectivity index is 2.34. The SMILES string of the molecule is CC(NS(=O)(=O)c1cn(C)c(C(=O)Nc2ccnc(Br)c2)c1Cl)C(C)(F)F. The predicted molar refractivity (Wildman–Crippen MR) is 101 cm³/mol. The molecule has 27 heavy (non-hydrogen) atoms. The van der Waals surface area contributed by atoms with Gasteiger partial charge in [-0.3, -0.25) is 4.79 Å². The molecule has 0 aliphatic carbocycles. The summed E-state index contributed by atoms with van der Waals surface area (Å²) in [6, 6.07) is 1.41. The molecule has 0 fully saturated rings. The van der Waals surface area contributed by atoms with Crippen LogP contribution in [0.5, 0.6) is 0 Å². The second kappa shape index (κ2) is 7.82. The molecule has 2 N–H and O–H groups in total. The molecule has 0 radical (unpaired) electrons. The molecular formula is C15H16BrClF2N4O3S. The molecule has 12 heteroatoms. The van der Waals surface area contributed by atoms with Crippen LogP contribution in [0.1, 0.15) is 24.3 Å². The van der Waals surface area contributed by atoms with E-state index in [4.69, 9.17) is 11.6 Å². The van der Waals surface area contributed by atoms with E-state index in [1.165, 1.54) is 23.9 Å². The molecule has 0 aliphatic heterocycles. The van der Waals surface area contributed by atoms with Gasteiger partial charge in [-0.25, -0.2) is 26.9 Å². The van der Waals surface area contributed by atoms with Crippen LogP contribution in [-0.4, -0.2) is 35.8 Å². The average Bonchev–Trinajstić information content (AvgIpc) is 2.81. The molecule has 0 aromatic carbocycles. The van der Waals surface area contributed by atoms with Crippen molar-refractivity contribution in [3.05, 3.63) is 39.8 Å². The summed E-state index contributed by atoms with van der Waals surface area (Å²) in [7, 11) is -2.95. The van der Waals surface area contributed by atoms with E-state index in [9.17, 15) is 22.0 Å². The van der Waals surface area contributed by atoms with Crippen molar-refractivity contribution in [3.8, 4) is 0 Å². The first-order valence-corrected chi connectivity index (χ1v) is 10.2. The summed E-state index contributed by atoms with van der Waals surface area (Å²) in [5.74, 6) is -3.94. The molecular weight excluding hydrogens is 470 g/mol. The number of nitrogens with zero attached hydrogens (tertiary/aromatic N) is 2. The van der Waals surface area contributed by atoms with Crippen LogP contribution in [0.15, 0.2) is 34.0 Å². The number of pyridine rings is 1. The predicted octanol–water partition coefficient (Wildman–Crippen LogP) is 3.41. The van der Waals surface area contributed by atoms with Gasteiger partial charge in [-0.15, -0.1) is 0 Å². The summed E-state index contributed by atoms with van der Waals surface area (Å²) < 4.78 is 55.0. The van der Waals surface area contributed by atoms with Crippen molar-refractivity contribution in [2.24, 2.45) is 7.05 Å². The normalized spacial score (nSPS) is 13.4. The van der Waals surface area contributed by atoms with E-state index < -0.39 is 32.8 Å². The summed E-state index contributed by atoms with van der Waals surface area (Å²) in [5.41, 5.74) is 0.266. The van der Waals surface area contributed by atoms with Crippen LogP contribution >= 0.6 is 27.5 Å². The van der Waals surface area contributed by atoms with Gasteiger partial charge in [-0.2, -0.15) is 0 Å². The number of aryl methyl sites for hydroxylation is 1. The van der Waals surface area contributed by atoms with Gasteiger partial charge < -0.3 is 9.88 Å². The lowest BCUT2D eigenvalue weighted by Crippen LogP contribution is -2.43. The standard InChI is InChI=1S/C15H16BrClF2N4O3S/c1-8(15(2,18)19)22-27(25,26)10-7-23(3)13(12(10)17)14(24)21-9-4-5-20-11(16)6-9/h4-8,22H,1-3H3,(H,20,21,24). The van der Waals surface area contributed by atoms with Crippen molar-refractivity contribution in [1.29, 1.82) is 0 Å². The molecule has 2 aromatic rings. The highest BCUT2D eigenvalue weighted by molar-refractivity contribution is 9.10. The molecule has 1 unspecified atom stereocenters. The summed E-state index contributed by atoms with van der Waals surface area (Å²) in [5, 5.41) is 2.19. The molecule has 2 heterocycles. The van der Waals surface area contributed by atoms with Gasteiger partial charge in [0, 0.05) is 32.1 Å². The van der Waals surface area contributed by atoms with Crippen LogP contribution in [0, 0.1) is 0 Å². The maximum Gasteiger partial charge on any atom is 0.273 e. The second-order valence-corrected chi connectivity index (χ2v) is 8.76. The third kappa shape index (κ3) is 5.03. The number of carbonyl (C=O) groups is 1. The first kappa shape index (κ1) is 21.7. The van der Waals surface area contributed by atoms with E-state index in [1.807, 2.05) is 4.72 Å². The van der Waals surface area contributed by atoms with Crippen molar-refractivity contribution in [2.75, 3.05) is 5.32 Å². The van der Waals surface area contributed by atoms with Crippen molar-refractivity contribution in [1.82, 2.24) is 14.3 Å². The highest BCUT2D eigenvalue weighted by Crippen LogP contribution is 2.29. The number of hydrogen-bond acceptors (Lipinski definition) is 4. The van der Waals surface area contributed by atoms with Gasteiger partial charge in [0.05, 0.1) is 11.1 Å². The quantitative estimate of drug-likeness (QED) is 0.613.